The first-order chi connectivity index (χ1) is 13.1. The van der Waals surface area contributed by atoms with Gasteiger partial charge in [-0.05, 0) is 105 Å². The number of hydrogen-bond acceptors (Lipinski definition) is 3. The van der Waals surface area contributed by atoms with Crippen LogP contribution in [0, 0.1) is 52.3 Å². The number of fused-ring (bicyclic) bond motifs is 5. The Hall–Kier alpha value is -1.14. The van der Waals surface area contributed by atoms with Crippen LogP contribution in [0.1, 0.15) is 85.5 Å². The van der Waals surface area contributed by atoms with Crippen LogP contribution in [0.2, 0.25) is 0 Å². The molecule has 0 aromatic carbocycles. The third-order valence-electron chi connectivity index (χ3n) is 9.69. The SMILES string of the molecule is CC(=O)C#C[C@@]1(O)CC[C@@]2(C)[C@H](CC[C@@H]3[C@@H]2CC[C@]2(C)[C@@H](C(C)=O)CC[C@@H]32)C1. The minimum atomic E-state index is -0.987. The van der Waals surface area contributed by atoms with Crippen molar-refractivity contribution in [2.75, 3.05) is 0 Å². The molecule has 0 aromatic heterocycles. The van der Waals surface area contributed by atoms with Crippen LogP contribution in [-0.4, -0.2) is 22.3 Å². The smallest absolute Gasteiger partial charge is 0.202 e. The van der Waals surface area contributed by atoms with E-state index in [1.807, 2.05) is 0 Å². The summed E-state index contributed by atoms with van der Waals surface area (Å²) in [5.41, 5.74) is -0.514. The average Bonchev–Trinajstić information content (AvgIpc) is 2.98. The largest absolute Gasteiger partial charge is 0.378 e. The van der Waals surface area contributed by atoms with Gasteiger partial charge in [-0.2, -0.15) is 0 Å². The van der Waals surface area contributed by atoms with E-state index in [9.17, 15) is 14.7 Å². The Labute approximate surface area is 170 Å². The zero-order valence-electron chi connectivity index (χ0n) is 18.0. The minimum absolute atomic E-state index is 0.168. The lowest BCUT2D eigenvalue weighted by Gasteiger charge is -2.61. The maximum absolute atomic E-state index is 12.3. The number of aliphatic hydroxyl groups is 1. The second-order valence-electron chi connectivity index (χ2n) is 11.0. The van der Waals surface area contributed by atoms with Crippen molar-refractivity contribution in [3.05, 3.63) is 0 Å². The highest BCUT2D eigenvalue weighted by atomic mass is 16.3. The van der Waals surface area contributed by atoms with E-state index >= 15 is 0 Å². The minimum Gasteiger partial charge on any atom is -0.378 e. The van der Waals surface area contributed by atoms with E-state index in [4.69, 9.17) is 0 Å². The quantitative estimate of drug-likeness (QED) is 0.533. The summed E-state index contributed by atoms with van der Waals surface area (Å²) in [6.07, 6.45) is 9.49. The zero-order chi connectivity index (χ0) is 20.3. The van der Waals surface area contributed by atoms with E-state index in [0.29, 0.717) is 36.4 Å². The molecule has 3 nitrogen and oxygen atoms in total. The normalized spacial score (nSPS) is 49.8. The van der Waals surface area contributed by atoms with Crippen molar-refractivity contribution in [1.82, 2.24) is 0 Å². The molecule has 3 heteroatoms. The fraction of sp³-hybridized carbons (Fsp3) is 0.840. The summed E-state index contributed by atoms with van der Waals surface area (Å²) in [6.45, 7) is 8.13. The molecule has 0 heterocycles. The predicted molar refractivity (Wildman–Crippen MR) is 109 cm³/mol. The molecule has 0 unspecified atom stereocenters. The van der Waals surface area contributed by atoms with Crippen molar-refractivity contribution in [2.24, 2.45) is 40.4 Å². The summed E-state index contributed by atoms with van der Waals surface area (Å²) in [7, 11) is 0. The van der Waals surface area contributed by atoms with Gasteiger partial charge in [0.15, 0.2) is 0 Å². The molecule has 4 saturated carbocycles. The van der Waals surface area contributed by atoms with Crippen LogP contribution < -0.4 is 0 Å². The third-order valence-corrected chi connectivity index (χ3v) is 9.69. The second kappa shape index (κ2) is 6.69. The lowest BCUT2D eigenvalue weighted by molar-refractivity contribution is -0.144. The van der Waals surface area contributed by atoms with Crippen LogP contribution in [0.15, 0.2) is 0 Å². The molecule has 4 fully saturated rings. The fourth-order valence-electron chi connectivity index (χ4n) is 8.23. The maximum atomic E-state index is 12.3. The van der Waals surface area contributed by atoms with Crippen LogP contribution in [0.5, 0.6) is 0 Å². The van der Waals surface area contributed by atoms with Gasteiger partial charge in [0.2, 0.25) is 5.78 Å². The number of carbonyl (C=O) groups is 2. The summed E-state index contributed by atoms with van der Waals surface area (Å²) in [5, 5.41) is 11.0. The molecule has 0 radical (unpaired) electrons. The summed E-state index contributed by atoms with van der Waals surface area (Å²) >= 11 is 0. The third kappa shape index (κ3) is 2.98. The van der Waals surface area contributed by atoms with Gasteiger partial charge in [-0.15, -0.1) is 0 Å². The molecule has 0 aromatic rings. The van der Waals surface area contributed by atoms with Gasteiger partial charge in [-0.25, -0.2) is 0 Å². The van der Waals surface area contributed by atoms with E-state index in [2.05, 4.69) is 25.7 Å². The number of ketones is 2. The van der Waals surface area contributed by atoms with Crippen LogP contribution in [0.3, 0.4) is 0 Å². The molecule has 0 spiro atoms. The Kier molecular flexibility index (Phi) is 4.82. The Balaban J connectivity index is 1.56. The van der Waals surface area contributed by atoms with Gasteiger partial charge in [-0.1, -0.05) is 19.8 Å². The first kappa shape index (κ1) is 20.1. The van der Waals surface area contributed by atoms with Gasteiger partial charge < -0.3 is 5.11 Å². The first-order valence-corrected chi connectivity index (χ1v) is 11.4. The molecule has 154 valence electrons. The van der Waals surface area contributed by atoms with Crippen LogP contribution in [0.25, 0.3) is 0 Å². The standard InChI is InChI=1S/C25H36O3/c1-16(26)9-12-25(28)14-13-23(3)18(15-25)5-6-19-21-8-7-20(17(2)27)24(21,4)11-10-22(19)23/h18-22,28H,5-8,10-11,13-15H2,1-4H3/t18-,19+,20-,21+,22+,23+,24-,25-/m1/s1. The van der Waals surface area contributed by atoms with Crippen LogP contribution >= 0.6 is 0 Å². The molecule has 1 N–H and O–H groups in total. The first-order valence-electron chi connectivity index (χ1n) is 11.4. The highest BCUT2D eigenvalue weighted by Crippen LogP contribution is 2.68. The molecular weight excluding hydrogens is 348 g/mol. The molecule has 4 aliphatic carbocycles. The number of Topliss-reactive ketones (excluding diaryl/α,β-unsaturated/α-hetero) is 2. The number of hydrogen-bond donors (Lipinski definition) is 1. The molecule has 0 bridgehead atoms. The summed E-state index contributed by atoms with van der Waals surface area (Å²) < 4.78 is 0. The predicted octanol–water partition coefficient (Wildman–Crippen LogP) is 4.56. The van der Waals surface area contributed by atoms with E-state index in [0.717, 1.165) is 25.2 Å². The van der Waals surface area contributed by atoms with Gasteiger partial charge in [0, 0.05) is 12.8 Å². The molecular formula is C25H36O3. The molecule has 4 rings (SSSR count). The average molecular weight is 385 g/mol. The van der Waals surface area contributed by atoms with Gasteiger partial charge in [0.25, 0.3) is 0 Å². The van der Waals surface area contributed by atoms with Gasteiger partial charge in [-0.3, -0.25) is 9.59 Å². The Morgan fingerprint density at radius 3 is 2.29 bits per heavy atom. The zero-order valence-corrected chi connectivity index (χ0v) is 18.0. The van der Waals surface area contributed by atoms with Gasteiger partial charge >= 0.3 is 0 Å². The maximum Gasteiger partial charge on any atom is 0.202 e. The molecule has 28 heavy (non-hydrogen) atoms. The summed E-state index contributed by atoms with van der Waals surface area (Å²) in [6, 6.07) is 0. The van der Waals surface area contributed by atoms with Crippen molar-refractivity contribution in [3.63, 3.8) is 0 Å². The Morgan fingerprint density at radius 1 is 0.893 bits per heavy atom. The highest BCUT2D eigenvalue weighted by molar-refractivity contribution is 5.93. The van der Waals surface area contributed by atoms with Crippen molar-refractivity contribution in [1.29, 1.82) is 0 Å². The van der Waals surface area contributed by atoms with Gasteiger partial charge in [0.1, 0.15) is 11.4 Å². The van der Waals surface area contributed by atoms with Crippen molar-refractivity contribution in [3.8, 4) is 11.8 Å². The molecule has 8 atom stereocenters. The lowest BCUT2D eigenvalue weighted by atomic mass is 9.44. The van der Waals surface area contributed by atoms with Crippen LogP contribution in [0.4, 0.5) is 0 Å². The lowest BCUT2D eigenvalue weighted by Crippen LogP contribution is -2.56. The van der Waals surface area contributed by atoms with E-state index in [-0.39, 0.29) is 22.5 Å². The Morgan fingerprint density at radius 2 is 1.61 bits per heavy atom. The Bertz CT molecular complexity index is 745. The van der Waals surface area contributed by atoms with E-state index in [1.54, 1.807) is 6.92 Å². The van der Waals surface area contributed by atoms with Crippen LogP contribution in [-0.2, 0) is 9.59 Å². The topological polar surface area (TPSA) is 54.4 Å². The summed E-state index contributed by atoms with van der Waals surface area (Å²) in [5.74, 6) is 8.62. The summed E-state index contributed by atoms with van der Waals surface area (Å²) in [4.78, 5) is 23.5. The molecule has 4 aliphatic rings. The molecule has 0 aliphatic heterocycles. The monoisotopic (exact) mass is 384 g/mol. The van der Waals surface area contributed by atoms with Crippen molar-refractivity contribution >= 4 is 11.6 Å². The van der Waals surface area contributed by atoms with E-state index < -0.39 is 5.60 Å². The number of carbonyl (C=O) groups excluding carboxylic acids is 2. The van der Waals surface area contributed by atoms with Crippen molar-refractivity contribution < 1.29 is 14.7 Å². The highest BCUT2D eigenvalue weighted by Gasteiger charge is 2.61. The van der Waals surface area contributed by atoms with Gasteiger partial charge in [0.05, 0.1) is 0 Å². The number of rotatable bonds is 1. The second-order valence-corrected chi connectivity index (χ2v) is 11.0. The van der Waals surface area contributed by atoms with E-state index in [1.165, 1.54) is 32.6 Å². The fourth-order valence-corrected chi connectivity index (χ4v) is 8.23. The molecule has 0 amide bonds. The molecule has 0 saturated heterocycles. The van der Waals surface area contributed by atoms with Crippen molar-refractivity contribution in [2.45, 2.75) is 91.1 Å².